The van der Waals surface area contributed by atoms with Gasteiger partial charge in [0.2, 0.25) is 5.91 Å². The van der Waals surface area contributed by atoms with Crippen LogP contribution < -0.4 is 14.8 Å². The molecule has 0 radical (unpaired) electrons. The molecule has 112 valence electrons. The number of carbonyl (C=O) groups is 2. The third kappa shape index (κ3) is 2.84. The van der Waals surface area contributed by atoms with Gasteiger partial charge in [0.1, 0.15) is 11.5 Å². The van der Waals surface area contributed by atoms with Crippen LogP contribution >= 0.6 is 0 Å². The Kier molecular flexibility index (Phi) is 4.16. The molecule has 6 heteroatoms. The van der Waals surface area contributed by atoms with Gasteiger partial charge in [0.15, 0.2) is 0 Å². The minimum Gasteiger partial charge on any atom is -0.497 e. The van der Waals surface area contributed by atoms with Gasteiger partial charge in [0.05, 0.1) is 19.8 Å². The summed E-state index contributed by atoms with van der Waals surface area (Å²) in [4.78, 5) is 23.2. The van der Waals surface area contributed by atoms with Crippen molar-refractivity contribution in [1.29, 1.82) is 0 Å². The van der Waals surface area contributed by atoms with Crippen LogP contribution in [0.3, 0.4) is 0 Å². The Hall–Kier alpha value is -2.50. The molecule has 0 fully saturated rings. The number of aliphatic carboxylic acids is 1. The second kappa shape index (κ2) is 5.87. The van der Waals surface area contributed by atoms with Crippen molar-refractivity contribution in [2.75, 3.05) is 14.2 Å². The second-order valence-electron chi connectivity index (χ2n) is 4.76. The van der Waals surface area contributed by atoms with Crippen LogP contribution in [-0.2, 0) is 9.59 Å². The summed E-state index contributed by atoms with van der Waals surface area (Å²) in [7, 11) is 3.04. The first-order chi connectivity index (χ1) is 9.97. The Morgan fingerprint density at radius 1 is 1.33 bits per heavy atom. The van der Waals surface area contributed by atoms with Gasteiger partial charge in [-0.05, 0) is 13.0 Å². The number of amides is 1. The Balaban J connectivity index is 2.55. The zero-order chi connectivity index (χ0) is 15.6. The quantitative estimate of drug-likeness (QED) is 0.881. The molecule has 1 aromatic carbocycles. The molecule has 1 amide bonds. The number of benzene rings is 1. The number of carboxylic acid groups (broad SMARTS) is 1. The van der Waals surface area contributed by atoms with Crippen molar-refractivity contribution in [3.63, 3.8) is 0 Å². The summed E-state index contributed by atoms with van der Waals surface area (Å²) < 4.78 is 10.4. The number of nitrogens with one attached hydrogen (secondary N) is 1. The van der Waals surface area contributed by atoms with Crippen LogP contribution in [0.5, 0.6) is 11.5 Å². The first kappa shape index (κ1) is 14.9. The van der Waals surface area contributed by atoms with Crippen LogP contribution in [-0.4, -0.2) is 31.2 Å². The number of ether oxygens (including phenoxy) is 2. The molecule has 2 N–H and O–H groups in total. The molecule has 0 saturated heterocycles. The predicted molar refractivity (Wildman–Crippen MR) is 75.4 cm³/mol. The zero-order valence-electron chi connectivity index (χ0n) is 12.1. The smallest absolute Gasteiger partial charge is 0.333 e. The minimum atomic E-state index is -1.05. The van der Waals surface area contributed by atoms with Crippen LogP contribution in [0.25, 0.3) is 0 Å². The molecule has 1 heterocycles. The summed E-state index contributed by atoms with van der Waals surface area (Å²) >= 11 is 0. The Morgan fingerprint density at radius 3 is 2.62 bits per heavy atom. The van der Waals surface area contributed by atoms with Gasteiger partial charge in [-0.3, -0.25) is 4.79 Å². The third-order valence-electron chi connectivity index (χ3n) is 3.52. The number of allylic oxidation sites excluding steroid dienone is 1. The highest BCUT2D eigenvalue weighted by Crippen LogP contribution is 2.39. The van der Waals surface area contributed by atoms with Gasteiger partial charge in [0.25, 0.3) is 0 Å². The number of hydrogen-bond donors (Lipinski definition) is 2. The molecule has 0 spiro atoms. The molecule has 1 aliphatic heterocycles. The summed E-state index contributed by atoms with van der Waals surface area (Å²) in [6.07, 6.45) is 0.0711. The first-order valence-corrected chi connectivity index (χ1v) is 6.43. The zero-order valence-corrected chi connectivity index (χ0v) is 12.1. The fourth-order valence-electron chi connectivity index (χ4n) is 2.56. The first-order valence-electron chi connectivity index (χ1n) is 6.43. The van der Waals surface area contributed by atoms with E-state index in [0.29, 0.717) is 22.8 Å². The molecular formula is C15H17NO5. The monoisotopic (exact) mass is 291 g/mol. The van der Waals surface area contributed by atoms with Gasteiger partial charge in [-0.15, -0.1) is 0 Å². The van der Waals surface area contributed by atoms with Crippen molar-refractivity contribution in [3.8, 4) is 11.5 Å². The van der Waals surface area contributed by atoms with Crippen molar-refractivity contribution < 1.29 is 24.2 Å². The highest BCUT2D eigenvalue weighted by Gasteiger charge is 2.33. The fraction of sp³-hybridized carbons (Fsp3) is 0.333. The molecule has 1 aliphatic rings. The van der Waals surface area contributed by atoms with Crippen molar-refractivity contribution in [3.05, 3.63) is 35.0 Å². The van der Waals surface area contributed by atoms with Crippen molar-refractivity contribution in [1.82, 2.24) is 5.32 Å². The van der Waals surface area contributed by atoms with Crippen molar-refractivity contribution in [2.45, 2.75) is 19.3 Å². The van der Waals surface area contributed by atoms with Crippen molar-refractivity contribution in [2.24, 2.45) is 0 Å². The Morgan fingerprint density at radius 2 is 2.05 bits per heavy atom. The highest BCUT2D eigenvalue weighted by molar-refractivity contribution is 5.94. The van der Waals surface area contributed by atoms with E-state index in [1.807, 2.05) is 0 Å². The van der Waals surface area contributed by atoms with E-state index < -0.39 is 11.9 Å². The van der Waals surface area contributed by atoms with Crippen LogP contribution in [0.15, 0.2) is 29.5 Å². The van der Waals surface area contributed by atoms with Gasteiger partial charge >= 0.3 is 5.97 Å². The number of carboxylic acids is 1. The molecule has 0 aliphatic carbocycles. The standard InChI is InChI=1S/C15H17NO5/c1-8-14(15(18)19)11(7-13(17)16-8)10-5-4-9(20-2)6-12(10)21-3/h4-6,11H,7H2,1-3H3,(H,16,17)(H,18,19)/t11-/m1/s1. The number of carbonyl (C=O) groups excluding carboxylic acids is 1. The van der Waals surface area contributed by atoms with E-state index >= 15 is 0 Å². The molecule has 1 aromatic rings. The predicted octanol–water partition coefficient (Wildman–Crippen LogP) is 1.67. The lowest BCUT2D eigenvalue weighted by atomic mass is 9.84. The number of hydrogen-bond acceptors (Lipinski definition) is 4. The summed E-state index contributed by atoms with van der Waals surface area (Å²) in [5, 5.41) is 12.0. The lowest BCUT2D eigenvalue weighted by Gasteiger charge is -2.26. The largest absolute Gasteiger partial charge is 0.497 e. The maximum absolute atomic E-state index is 11.7. The highest BCUT2D eigenvalue weighted by atomic mass is 16.5. The molecular weight excluding hydrogens is 274 g/mol. The van der Waals surface area contributed by atoms with Crippen molar-refractivity contribution >= 4 is 11.9 Å². The van der Waals surface area contributed by atoms with Gasteiger partial charge in [0, 0.05) is 29.7 Å². The van der Waals surface area contributed by atoms with E-state index in [4.69, 9.17) is 9.47 Å². The minimum absolute atomic E-state index is 0.0711. The number of rotatable bonds is 4. The van der Waals surface area contributed by atoms with E-state index in [0.717, 1.165) is 0 Å². The van der Waals surface area contributed by atoms with Gasteiger partial charge in [-0.25, -0.2) is 4.79 Å². The van der Waals surface area contributed by atoms with Gasteiger partial charge in [-0.2, -0.15) is 0 Å². The lowest BCUT2D eigenvalue weighted by molar-refractivity contribution is -0.133. The Labute approximate surface area is 122 Å². The van der Waals surface area contributed by atoms with Gasteiger partial charge in [-0.1, -0.05) is 6.07 Å². The van der Waals surface area contributed by atoms with Crippen LogP contribution in [0, 0.1) is 0 Å². The average molecular weight is 291 g/mol. The van der Waals surface area contributed by atoms with E-state index in [9.17, 15) is 14.7 Å². The molecule has 0 unspecified atom stereocenters. The normalized spacial score (nSPS) is 18.2. The topological polar surface area (TPSA) is 84.9 Å². The number of methoxy groups -OCH3 is 2. The van der Waals surface area contributed by atoms with E-state index in [2.05, 4.69) is 5.32 Å². The van der Waals surface area contributed by atoms with E-state index in [1.165, 1.54) is 14.2 Å². The van der Waals surface area contributed by atoms with Crippen LogP contribution in [0.2, 0.25) is 0 Å². The molecule has 6 nitrogen and oxygen atoms in total. The summed E-state index contributed by atoms with van der Waals surface area (Å²) in [5.74, 6) is -0.693. The van der Waals surface area contributed by atoms with Crippen LogP contribution in [0.1, 0.15) is 24.8 Å². The molecule has 1 atom stereocenters. The van der Waals surface area contributed by atoms with Gasteiger partial charge < -0.3 is 19.9 Å². The molecule has 0 aromatic heterocycles. The molecule has 21 heavy (non-hydrogen) atoms. The van der Waals surface area contributed by atoms with E-state index in [-0.39, 0.29) is 17.9 Å². The molecule has 0 bridgehead atoms. The lowest BCUT2D eigenvalue weighted by Crippen LogP contribution is -2.33. The maximum Gasteiger partial charge on any atom is 0.333 e. The summed E-state index contributed by atoms with van der Waals surface area (Å²) in [6, 6.07) is 5.13. The van der Waals surface area contributed by atoms with E-state index in [1.54, 1.807) is 25.1 Å². The summed E-state index contributed by atoms with van der Waals surface area (Å²) in [5.41, 5.74) is 1.20. The van der Waals surface area contributed by atoms with Crippen LogP contribution in [0.4, 0.5) is 0 Å². The second-order valence-corrected chi connectivity index (χ2v) is 4.76. The Bertz CT molecular complexity index is 620. The molecule has 0 saturated carbocycles. The molecule has 2 rings (SSSR count). The fourth-order valence-corrected chi connectivity index (χ4v) is 2.56. The third-order valence-corrected chi connectivity index (χ3v) is 3.52. The average Bonchev–Trinajstić information content (AvgIpc) is 2.45. The summed E-state index contributed by atoms with van der Waals surface area (Å²) in [6.45, 7) is 1.59. The maximum atomic E-state index is 11.7. The SMILES string of the molecule is COc1ccc([C@H]2CC(=O)NC(C)=C2C(=O)O)c(OC)c1.